The molecule has 3 heterocycles. The molecular formula is C18H11N5O5. The van der Waals surface area contributed by atoms with Crippen LogP contribution in [0.25, 0.3) is 22.1 Å². The normalized spacial score (nSPS) is 12.9. The average molecular weight is 377 g/mol. The molecule has 1 aliphatic rings. The van der Waals surface area contributed by atoms with Crippen LogP contribution in [0.5, 0.6) is 11.5 Å². The molecule has 28 heavy (non-hydrogen) atoms. The second kappa shape index (κ2) is 6.20. The maximum Gasteiger partial charge on any atom is 0.282 e. The Morgan fingerprint density at radius 1 is 1.18 bits per heavy atom. The number of rotatable bonds is 4. The minimum absolute atomic E-state index is 0.0241. The van der Waals surface area contributed by atoms with Crippen molar-refractivity contribution < 1.29 is 18.8 Å². The van der Waals surface area contributed by atoms with Crippen LogP contribution in [0.1, 0.15) is 5.56 Å². The molecule has 0 atom stereocenters. The molecule has 0 spiro atoms. The van der Waals surface area contributed by atoms with E-state index >= 15 is 0 Å². The van der Waals surface area contributed by atoms with Gasteiger partial charge in [0.15, 0.2) is 22.9 Å². The van der Waals surface area contributed by atoms with E-state index in [1.54, 1.807) is 0 Å². The summed E-state index contributed by atoms with van der Waals surface area (Å²) in [6, 6.07) is 10.3. The summed E-state index contributed by atoms with van der Waals surface area (Å²) in [6.45, 7) is 0.0241. The third kappa shape index (κ3) is 2.55. The SMILES string of the molecule is O=[N+]([O-])c1cc2c(cc1/C=N\Nc1ncnc3c1oc1ccccc13)OCO2. The molecule has 0 amide bonds. The fourth-order valence-corrected chi connectivity index (χ4v) is 2.97. The van der Waals surface area contributed by atoms with Crippen molar-refractivity contribution in [2.24, 2.45) is 5.10 Å². The molecule has 1 aliphatic heterocycles. The van der Waals surface area contributed by atoms with Gasteiger partial charge in [-0.1, -0.05) is 12.1 Å². The van der Waals surface area contributed by atoms with E-state index in [9.17, 15) is 10.1 Å². The summed E-state index contributed by atoms with van der Waals surface area (Å²) in [5.74, 6) is 1.10. The molecular weight excluding hydrogens is 366 g/mol. The predicted molar refractivity (Wildman–Crippen MR) is 99.7 cm³/mol. The number of ether oxygens (including phenoxy) is 2. The molecule has 10 heteroatoms. The van der Waals surface area contributed by atoms with Gasteiger partial charge in [-0.2, -0.15) is 5.10 Å². The van der Waals surface area contributed by atoms with Gasteiger partial charge >= 0.3 is 0 Å². The molecule has 0 fully saturated rings. The van der Waals surface area contributed by atoms with E-state index < -0.39 is 4.92 Å². The van der Waals surface area contributed by atoms with Crippen LogP contribution in [0.2, 0.25) is 0 Å². The molecule has 2 aromatic heterocycles. The first kappa shape index (κ1) is 16.0. The van der Waals surface area contributed by atoms with Crippen LogP contribution in [0.15, 0.2) is 52.2 Å². The minimum Gasteiger partial charge on any atom is -0.454 e. The van der Waals surface area contributed by atoms with Crippen LogP contribution in [0.3, 0.4) is 0 Å². The molecule has 0 unspecified atom stereocenters. The monoisotopic (exact) mass is 377 g/mol. The minimum atomic E-state index is -0.508. The lowest BCUT2D eigenvalue weighted by molar-refractivity contribution is -0.385. The number of hydrogen-bond acceptors (Lipinski definition) is 9. The van der Waals surface area contributed by atoms with E-state index in [0.717, 1.165) is 5.39 Å². The smallest absolute Gasteiger partial charge is 0.282 e. The number of nitrogens with zero attached hydrogens (tertiary/aromatic N) is 4. The Bertz CT molecular complexity index is 1270. The second-order valence-electron chi connectivity index (χ2n) is 5.89. The molecule has 0 radical (unpaired) electrons. The summed E-state index contributed by atoms with van der Waals surface area (Å²) in [5, 5.41) is 16.3. The van der Waals surface area contributed by atoms with Crippen LogP contribution in [0.4, 0.5) is 11.5 Å². The number of benzene rings is 2. The highest BCUT2D eigenvalue weighted by Crippen LogP contribution is 2.37. The van der Waals surface area contributed by atoms with Gasteiger partial charge in [-0.25, -0.2) is 9.97 Å². The predicted octanol–water partition coefficient (Wildman–Crippen LogP) is 3.46. The number of nitro benzene ring substituents is 1. The molecule has 4 aromatic rings. The molecule has 10 nitrogen and oxygen atoms in total. The van der Waals surface area contributed by atoms with Crippen molar-refractivity contribution >= 4 is 39.8 Å². The van der Waals surface area contributed by atoms with Gasteiger partial charge in [0.1, 0.15) is 17.4 Å². The summed E-state index contributed by atoms with van der Waals surface area (Å²) in [5.41, 5.74) is 4.65. The number of para-hydroxylation sites is 1. The molecule has 0 bridgehead atoms. The Morgan fingerprint density at radius 3 is 2.86 bits per heavy atom. The maximum atomic E-state index is 11.3. The quantitative estimate of drug-likeness (QED) is 0.326. The Kier molecular flexibility index (Phi) is 3.54. The van der Waals surface area contributed by atoms with Gasteiger partial charge in [0.25, 0.3) is 5.69 Å². The average Bonchev–Trinajstić information content (AvgIpc) is 3.31. The highest BCUT2D eigenvalue weighted by molar-refractivity contribution is 6.05. The number of fused-ring (bicyclic) bond motifs is 4. The second-order valence-corrected chi connectivity index (χ2v) is 5.89. The van der Waals surface area contributed by atoms with Gasteiger partial charge in [0.05, 0.1) is 22.8 Å². The summed E-state index contributed by atoms with van der Waals surface area (Å²) >= 11 is 0. The number of nitrogens with one attached hydrogen (secondary N) is 1. The zero-order valence-electron chi connectivity index (χ0n) is 14.2. The number of nitro groups is 1. The number of hydrazone groups is 1. The molecule has 0 aliphatic carbocycles. The largest absolute Gasteiger partial charge is 0.454 e. The summed E-state index contributed by atoms with van der Waals surface area (Å²) < 4.78 is 16.2. The van der Waals surface area contributed by atoms with E-state index in [4.69, 9.17) is 13.9 Å². The van der Waals surface area contributed by atoms with Crippen molar-refractivity contribution in [3.05, 3.63) is 58.4 Å². The van der Waals surface area contributed by atoms with Gasteiger partial charge in [-0.05, 0) is 18.2 Å². The van der Waals surface area contributed by atoms with Crippen LogP contribution >= 0.6 is 0 Å². The fourth-order valence-electron chi connectivity index (χ4n) is 2.97. The lowest BCUT2D eigenvalue weighted by atomic mass is 10.1. The van der Waals surface area contributed by atoms with Crippen molar-refractivity contribution in [1.29, 1.82) is 0 Å². The van der Waals surface area contributed by atoms with E-state index in [1.807, 2.05) is 24.3 Å². The highest BCUT2D eigenvalue weighted by atomic mass is 16.7. The Labute approximate surface area is 156 Å². The summed E-state index contributed by atoms with van der Waals surface area (Å²) in [7, 11) is 0. The number of anilines is 1. The van der Waals surface area contributed by atoms with Gasteiger partial charge in [-0.3, -0.25) is 15.5 Å². The van der Waals surface area contributed by atoms with Crippen molar-refractivity contribution in [2.75, 3.05) is 12.2 Å². The van der Waals surface area contributed by atoms with Crippen LogP contribution in [0, 0.1) is 10.1 Å². The standard InChI is InChI=1S/C18H11N5O5/c24-23(25)12-6-15-14(26-9-27-15)5-10(12)7-21-22-18-17-16(19-8-20-18)11-3-1-2-4-13(11)28-17/h1-8H,9H2,(H,19,20,22)/b21-7-. The Hall–Kier alpha value is -4.21. The van der Waals surface area contributed by atoms with E-state index in [0.29, 0.717) is 34.0 Å². The van der Waals surface area contributed by atoms with E-state index in [1.165, 1.54) is 24.7 Å². The highest BCUT2D eigenvalue weighted by Gasteiger charge is 2.22. The maximum absolute atomic E-state index is 11.3. The van der Waals surface area contributed by atoms with Gasteiger partial charge < -0.3 is 13.9 Å². The first-order valence-electron chi connectivity index (χ1n) is 8.20. The van der Waals surface area contributed by atoms with Crippen molar-refractivity contribution in [2.45, 2.75) is 0 Å². The molecule has 2 aromatic carbocycles. The van der Waals surface area contributed by atoms with Crippen molar-refractivity contribution in [3.63, 3.8) is 0 Å². The topological polar surface area (TPSA) is 125 Å². The molecule has 5 rings (SSSR count). The van der Waals surface area contributed by atoms with Gasteiger partial charge in [0.2, 0.25) is 6.79 Å². The lowest BCUT2D eigenvalue weighted by Gasteiger charge is -2.01. The molecule has 0 saturated carbocycles. The molecule has 138 valence electrons. The van der Waals surface area contributed by atoms with Crippen LogP contribution in [-0.2, 0) is 0 Å². The first-order valence-corrected chi connectivity index (χ1v) is 8.20. The molecule has 0 saturated heterocycles. The number of aromatic nitrogens is 2. The summed E-state index contributed by atoms with van der Waals surface area (Å²) in [6.07, 6.45) is 2.71. The van der Waals surface area contributed by atoms with E-state index in [2.05, 4.69) is 20.5 Å². The first-order chi connectivity index (χ1) is 13.7. The molecule has 1 N–H and O–H groups in total. The third-order valence-corrected chi connectivity index (χ3v) is 4.25. The summed E-state index contributed by atoms with van der Waals surface area (Å²) in [4.78, 5) is 19.2. The zero-order chi connectivity index (χ0) is 19.1. The Balaban J connectivity index is 1.50. The van der Waals surface area contributed by atoms with E-state index in [-0.39, 0.29) is 18.0 Å². The van der Waals surface area contributed by atoms with Crippen LogP contribution < -0.4 is 14.9 Å². The lowest BCUT2D eigenvalue weighted by Crippen LogP contribution is -1.98. The van der Waals surface area contributed by atoms with Crippen molar-refractivity contribution in [1.82, 2.24) is 9.97 Å². The van der Waals surface area contributed by atoms with Crippen LogP contribution in [-0.4, -0.2) is 27.9 Å². The Morgan fingerprint density at radius 2 is 2.00 bits per heavy atom. The third-order valence-electron chi connectivity index (χ3n) is 4.25. The van der Waals surface area contributed by atoms with Gasteiger partial charge in [-0.15, -0.1) is 0 Å². The number of furan rings is 1. The zero-order valence-corrected chi connectivity index (χ0v) is 14.2. The van der Waals surface area contributed by atoms with Gasteiger partial charge in [0, 0.05) is 5.39 Å². The fraction of sp³-hybridized carbons (Fsp3) is 0.0556. The van der Waals surface area contributed by atoms with Crippen molar-refractivity contribution in [3.8, 4) is 11.5 Å². The number of hydrogen-bond donors (Lipinski definition) is 1.